The Morgan fingerprint density at radius 2 is 1.88 bits per heavy atom. The van der Waals surface area contributed by atoms with Crippen LogP contribution in [0, 0.1) is 0 Å². The second-order valence-corrected chi connectivity index (χ2v) is 7.68. The predicted molar refractivity (Wildman–Crippen MR) is 74.7 cm³/mol. The Bertz CT molecular complexity index is 375. The Balaban J connectivity index is 3.31. The fourth-order valence-electron chi connectivity index (χ4n) is 1.67. The predicted octanol–water partition coefficient (Wildman–Crippen LogP) is 3.99. The van der Waals surface area contributed by atoms with Crippen LogP contribution in [-0.2, 0) is 5.41 Å². The smallest absolute Gasteiger partial charge is 0.229 e. The van der Waals surface area contributed by atoms with E-state index in [2.05, 4.69) is 58.6 Å². The van der Waals surface area contributed by atoms with Crippen LogP contribution in [0.2, 0.25) is 13.1 Å². The molecule has 0 spiro atoms. The van der Waals surface area contributed by atoms with E-state index in [0.29, 0.717) is 0 Å². The van der Waals surface area contributed by atoms with Gasteiger partial charge in [-0.3, -0.25) is 0 Å². The summed E-state index contributed by atoms with van der Waals surface area (Å²) in [4.78, 5) is 0. The maximum Gasteiger partial charge on any atom is 0.229 e. The minimum atomic E-state index is -1.09. The lowest BCUT2D eigenvalue weighted by molar-refractivity contribution is 0.519. The highest BCUT2D eigenvalue weighted by atomic mass is 28.3. The van der Waals surface area contributed by atoms with Crippen LogP contribution in [0.3, 0.4) is 0 Å². The zero-order valence-electron chi connectivity index (χ0n) is 11.0. The van der Waals surface area contributed by atoms with Gasteiger partial charge in [-0.25, -0.2) is 0 Å². The summed E-state index contributed by atoms with van der Waals surface area (Å²) in [6.45, 7) is 14.9. The van der Waals surface area contributed by atoms with E-state index in [0.717, 1.165) is 11.3 Å². The summed E-state index contributed by atoms with van der Waals surface area (Å²) in [6.07, 6.45) is 1.88. The van der Waals surface area contributed by atoms with E-state index in [4.69, 9.17) is 4.43 Å². The van der Waals surface area contributed by atoms with Crippen LogP contribution >= 0.6 is 0 Å². The van der Waals surface area contributed by atoms with Crippen molar-refractivity contribution in [2.24, 2.45) is 0 Å². The lowest BCUT2D eigenvalue weighted by Crippen LogP contribution is -2.19. The van der Waals surface area contributed by atoms with E-state index < -0.39 is 9.04 Å². The lowest BCUT2D eigenvalue weighted by Gasteiger charge is -2.25. The molecule has 0 aliphatic carbocycles. The molecule has 1 aromatic rings. The van der Waals surface area contributed by atoms with E-state index in [9.17, 15) is 0 Å². The third kappa shape index (κ3) is 2.98. The second-order valence-electron chi connectivity index (χ2n) is 5.34. The number of para-hydroxylation sites is 1. The molecule has 0 radical (unpaired) electrons. The van der Waals surface area contributed by atoms with E-state index in [1.165, 1.54) is 5.56 Å². The fourth-order valence-corrected chi connectivity index (χ4v) is 2.41. The number of hydrogen-bond donors (Lipinski definition) is 0. The van der Waals surface area contributed by atoms with Crippen molar-refractivity contribution in [3.63, 3.8) is 0 Å². The molecule has 2 heteroatoms. The SMILES string of the molecule is C=Cc1cccc(C(C)(C)C)c1O[SiH](C)C. The monoisotopic (exact) mass is 234 g/mol. The molecular formula is C14H22OSi. The van der Waals surface area contributed by atoms with Crippen molar-refractivity contribution in [1.82, 2.24) is 0 Å². The van der Waals surface area contributed by atoms with E-state index in [-0.39, 0.29) is 5.41 Å². The number of hydrogen-bond acceptors (Lipinski definition) is 1. The van der Waals surface area contributed by atoms with Gasteiger partial charge in [0.05, 0.1) is 0 Å². The van der Waals surface area contributed by atoms with Gasteiger partial charge in [-0.1, -0.05) is 51.6 Å². The summed E-state index contributed by atoms with van der Waals surface area (Å²) >= 11 is 0. The molecule has 0 aliphatic heterocycles. The van der Waals surface area contributed by atoms with Crippen molar-refractivity contribution in [3.05, 3.63) is 35.9 Å². The summed E-state index contributed by atoms with van der Waals surface area (Å²) in [6, 6.07) is 6.29. The van der Waals surface area contributed by atoms with E-state index in [1.54, 1.807) is 0 Å². The zero-order valence-corrected chi connectivity index (χ0v) is 12.2. The molecule has 0 unspecified atom stereocenters. The molecule has 1 nitrogen and oxygen atoms in total. The molecule has 0 N–H and O–H groups in total. The summed E-state index contributed by atoms with van der Waals surface area (Å²) < 4.78 is 6.06. The minimum absolute atomic E-state index is 0.109. The second kappa shape index (κ2) is 4.87. The summed E-state index contributed by atoms with van der Waals surface area (Å²) in [7, 11) is -1.09. The summed E-state index contributed by atoms with van der Waals surface area (Å²) in [5.41, 5.74) is 2.48. The van der Waals surface area contributed by atoms with E-state index >= 15 is 0 Å². The standard InChI is InChI=1S/C14H22OSi/c1-7-11-9-8-10-12(14(2,3)4)13(11)15-16(5)6/h7-10,16H,1H2,2-6H3. The molecule has 0 atom stereocenters. The molecule has 0 amide bonds. The first-order valence-corrected chi connectivity index (χ1v) is 8.57. The van der Waals surface area contributed by atoms with Crippen molar-refractivity contribution in [2.45, 2.75) is 39.3 Å². The largest absolute Gasteiger partial charge is 0.546 e. The van der Waals surface area contributed by atoms with Crippen LogP contribution in [-0.4, -0.2) is 9.04 Å². The molecule has 0 aliphatic rings. The van der Waals surface area contributed by atoms with Gasteiger partial charge < -0.3 is 4.43 Å². The van der Waals surface area contributed by atoms with Gasteiger partial charge in [-0.15, -0.1) is 0 Å². The molecule has 0 aromatic heterocycles. The van der Waals surface area contributed by atoms with Crippen LogP contribution in [0.1, 0.15) is 31.9 Å². The summed E-state index contributed by atoms with van der Waals surface area (Å²) in [5, 5.41) is 0. The molecule has 0 bridgehead atoms. The maximum atomic E-state index is 6.06. The lowest BCUT2D eigenvalue weighted by atomic mass is 9.85. The zero-order chi connectivity index (χ0) is 12.3. The first-order valence-electron chi connectivity index (χ1n) is 5.79. The van der Waals surface area contributed by atoms with Crippen molar-refractivity contribution in [2.75, 3.05) is 0 Å². The Kier molecular flexibility index (Phi) is 3.97. The molecule has 1 aromatic carbocycles. The average Bonchev–Trinajstić information content (AvgIpc) is 2.15. The average molecular weight is 234 g/mol. The maximum absolute atomic E-state index is 6.06. The Hall–Kier alpha value is -1.02. The molecule has 0 fully saturated rings. The molecular weight excluding hydrogens is 212 g/mol. The van der Waals surface area contributed by atoms with Crippen molar-refractivity contribution in [1.29, 1.82) is 0 Å². The van der Waals surface area contributed by atoms with Crippen molar-refractivity contribution < 1.29 is 4.43 Å². The molecule has 88 valence electrons. The van der Waals surface area contributed by atoms with Gasteiger partial charge in [0.15, 0.2) is 0 Å². The minimum Gasteiger partial charge on any atom is -0.546 e. The first-order chi connectivity index (χ1) is 7.36. The third-order valence-electron chi connectivity index (χ3n) is 2.43. The molecule has 16 heavy (non-hydrogen) atoms. The van der Waals surface area contributed by atoms with Crippen molar-refractivity contribution >= 4 is 15.1 Å². The first kappa shape index (κ1) is 13.0. The summed E-state index contributed by atoms with van der Waals surface area (Å²) in [5.74, 6) is 1.03. The number of benzene rings is 1. The Labute approximate surface area is 101 Å². The fraction of sp³-hybridized carbons (Fsp3) is 0.429. The van der Waals surface area contributed by atoms with E-state index in [1.807, 2.05) is 6.08 Å². The Morgan fingerprint density at radius 1 is 1.25 bits per heavy atom. The van der Waals surface area contributed by atoms with Gasteiger partial charge in [-0.05, 0) is 24.1 Å². The highest BCUT2D eigenvalue weighted by molar-refractivity contribution is 6.49. The van der Waals surface area contributed by atoms with Gasteiger partial charge in [0.25, 0.3) is 0 Å². The molecule has 0 heterocycles. The molecule has 0 saturated heterocycles. The van der Waals surface area contributed by atoms with Crippen LogP contribution in [0.15, 0.2) is 24.8 Å². The molecule has 0 saturated carbocycles. The highest BCUT2D eigenvalue weighted by Gasteiger charge is 2.20. The van der Waals surface area contributed by atoms with Gasteiger partial charge >= 0.3 is 0 Å². The third-order valence-corrected chi connectivity index (χ3v) is 3.13. The van der Waals surface area contributed by atoms with Crippen LogP contribution in [0.5, 0.6) is 5.75 Å². The highest BCUT2D eigenvalue weighted by Crippen LogP contribution is 2.34. The Morgan fingerprint density at radius 3 is 2.31 bits per heavy atom. The number of rotatable bonds is 3. The van der Waals surface area contributed by atoms with Crippen molar-refractivity contribution in [3.8, 4) is 5.75 Å². The van der Waals surface area contributed by atoms with Gasteiger partial charge in [0, 0.05) is 5.56 Å². The topological polar surface area (TPSA) is 9.23 Å². The normalized spacial score (nSPS) is 11.6. The van der Waals surface area contributed by atoms with Crippen LogP contribution < -0.4 is 4.43 Å². The van der Waals surface area contributed by atoms with Crippen LogP contribution in [0.25, 0.3) is 6.08 Å². The molecule has 1 rings (SSSR count). The van der Waals surface area contributed by atoms with Gasteiger partial charge in [0.1, 0.15) is 5.75 Å². The van der Waals surface area contributed by atoms with Gasteiger partial charge in [0.2, 0.25) is 9.04 Å². The van der Waals surface area contributed by atoms with Gasteiger partial charge in [-0.2, -0.15) is 0 Å². The quantitative estimate of drug-likeness (QED) is 0.719. The van der Waals surface area contributed by atoms with Crippen LogP contribution in [0.4, 0.5) is 0 Å².